The predicted molar refractivity (Wildman–Crippen MR) is 122 cm³/mol. The molecule has 1 saturated carbocycles. The summed E-state index contributed by atoms with van der Waals surface area (Å²) < 4.78 is 10.6. The molecule has 7 nitrogen and oxygen atoms in total. The van der Waals surface area contributed by atoms with Crippen molar-refractivity contribution in [2.24, 2.45) is 0 Å². The average Bonchev–Trinajstić information content (AvgIpc) is 2.83. The zero-order chi connectivity index (χ0) is 23.2. The van der Waals surface area contributed by atoms with E-state index in [2.05, 4.69) is 5.32 Å². The van der Waals surface area contributed by atoms with Gasteiger partial charge in [-0.25, -0.2) is 9.59 Å². The molecular formula is C26H22N2O5. The van der Waals surface area contributed by atoms with Crippen LogP contribution >= 0.6 is 0 Å². The molecular weight excluding hydrogens is 420 g/mol. The van der Waals surface area contributed by atoms with Crippen LogP contribution in [0, 0.1) is 11.3 Å². The third-order valence-electron chi connectivity index (χ3n) is 5.55. The summed E-state index contributed by atoms with van der Waals surface area (Å²) in [4.78, 5) is 37.4. The summed E-state index contributed by atoms with van der Waals surface area (Å²) in [6, 6.07) is 16.8. The van der Waals surface area contributed by atoms with Crippen LogP contribution in [-0.4, -0.2) is 17.9 Å². The summed E-state index contributed by atoms with van der Waals surface area (Å²) in [5.74, 6) is -1.16. The highest BCUT2D eigenvalue weighted by atomic mass is 16.5. The van der Waals surface area contributed by atoms with E-state index in [9.17, 15) is 19.6 Å². The molecule has 0 aliphatic heterocycles. The van der Waals surface area contributed by atoms with Crippen molar-refractivity contribution >= 4 is 28.9 Å². The molecule has 0 atom stereocenters. The van der Waals surface area contributed by atoms with Crippen molar-refractivity contribution in [3.63, 3.8) is 0 Å². The number of ether oxygens (including phenoxy) is 1. The smallest absolute Gasteiger partial charge is 0.354 e. The minimum Gasteiger partial charge on any atom is -0.422 e. The van der Waals surface area contributed by atoms with Gasteiger partial charge in [-0.1, -0.05) is 49.6 Å². The highest BCUT2D eigenvalue weighted by Gasteiger charge is 2.20. The van der Waals surface area contributed by atoms with Gasteiger partial charge in [-0.15, -0.1) is 0 Å². The van der Waals surface area contributed by atoms with E-state index in [-0.39, 0.29) is 28.5 Å². The number of rotatable bonds is 5. The van der Waals surface area contributed by atoms with Gasteiger partial charge in [0.05, 0.1) is 0 Å². The monoisotopic (exact) mass is 442 g/mol. The fourth-order valence-corrected chi connectivity index (χ4v) is 3.84. The van der Waals surface area contributed by atoms with E-state index in [4.69, 9.17) is 9.15 Å². The van der Waals surface area contributed by atoms with Crippen molar-refractivity contribution in [3.8, 4) is 11.8 Å². The Bertz CT molecular complexity index is 1310. The lowest BCUT2D eigenvalue weighted by Gasteiger charge is -2.22. The molecule has 33 heavy (non-hydrogen) atoms. The lowest BCUT2D eigenvalue weighted by Crippen LogP contribution is -2.38. The molecule has 1 N–H and O–H groups in total. The van der Waals surface area contributed by atoms with E-state index in [1.165, 1.54) is 24.3 Å². The molecule has 1 amide bonds. The van der Waals surface area contributed by atoms with Gasteiger partial charge < -0.3 is 14.5 Å². The highest BCUT2D eigenvalue weighted by Crippen LogP contribution is 2.22. The number of hydrogen-bond donors (Lipinski definition) is 1. The second kappa shape index (κ2) is 9.96. The molecule has 1 aliphatic carbocycles. The first-order valence-corrected chi connectivity index (χ1v) is 10.8. The Labute approximate surface area is 190 Å². The number of benzene rings is 2. The molecule has 1 aromatic heterocycles. The minimum atomic E-state index is -0.827. The van der Waals surface area contributed by atoms with Gasteiger partial charge in [0.25, 0.3) is 5.91 Å². The quantitative estimate of drug-likeness (QED) is 0.207. The fraction of sp³-hybridized carbons (Fsp3) is 0.231. The van der Waals surface area contributed by atoms with Crippen LogP contribution in [0.15, 0.2) is 69.4 Å². The minimum absolute atomic E-state index is 0.0598. The summed E-state index contributed by atoms with van der Waals surface area (Å²) in [5.41, 5.74) is -0.131. The van der Waals surface area contributed by atoms with Gasteiger partial charge in [-0.3, -0.25) is 4.79 Å². The lowest BCUT2D eigenvalue weighted by molar-refractivity contribution is -0.129. The summed E-state index contributed by atoms with van der Waals surface area (Å²) in [6.45, 7) is 0. The molecule has 3 aromatic rings. The highest BCUT2D eigenvalue weighted by molar-refractivity contribution is 6.00. The summed E-state index contributed by atoms with van der Waals surface area (Å²) in [7, 11) is 0. The number of fused-ring (bicyclic) bond motifs is 1. The van der Waals surface area contributed by atoms with Crippen LogP contribution in [0.25, 0.3) is 17.0 Å². The van der Waals surface area contributed by atoms with E-state index in [0.717, 1.165) is 32.1 Å². The Morgan fingerprint density at radius 1 is 1.06 bits per heavy atom. The molecule has 0 unspecified atom stereocenters. The zero-order valence-electron chi connectivity index (χ0n) is 17.9. The Kier molecular flexibility index (Phi) is 6.65. The molecule has 1 fully saturated rings. The average molecular weight is 442 g/mol. The number of amides is 1. The van der Waals surface area contributed by atoms with E-state index in [0.29, 0.717) is 10.9 Å². The van der Waals surface area contributed by atoms with Crippen LogP contribution in [0.4, 0.5) is 0 Å². The maximum Gasteiger partial charge on any atom is 0.354 e. The summed E-state index contributed by atoms with van der Waals surface area (Å²) in [5, 5.41) is 12.8. The second-order valence-electron chi connectivity index (χ2n) is 7.93. The Balaban J connectivity index is 1.52. The molecule has 2 aromatic carbocycles. The van der Waals surface area contributed by atoms with Crippen molar-refractivity contribution in [2.45, 2.75) is 38.1 Å². The van der Waals surface area contributed by atoms with Gasteiger partial charge in [-0.2, -0.15) is 5.26 Å². The maximum absolute atomic E-state index is 12.6. The molecule has 166 valence electrons. The standard InChI is InChI=1S/C26H22N2O5/c27-16-19(13-17-7-3-1-4-8-17)25(30)32-21-12-11-18-14-22(26(31)33-23(18)15-21)24(29)28-20-9-5-2-6-10-20/h1,3-4,7-8,11-15,20H,2,5-6,9-10H2,(H,28,29)/b19-13+. The molecule has 1 aliphatic rings. The van der Waals surface area contributed by atoms with Crippen LogP contribution in [0.3, 0.4) is 0 Å². The van der Waals surface area contributed by atoms with Crippen molar-refractivity contribution < 1.29 is 18.7 Å². The molecule has 0 radical (unpaired) electrons. The first-order chi connectivity index (χ1) is 16.0. The molecule has 0 bridgehead atoms. The Morgan fingerprint density at radius 3 is 2.55 bits per heavy atom. The number of hydrogen-bond acceptors (Lipinski definition) is 6. The Hall–Kier alpha value is -4.18. The van der Waals surface area contributed by atoms with Crippen LogP contribution in [0.1, 0.15) is 48.0 Å². The third kappa shape index (κ3) is 5.36. The van der Waals surface area contributed by atoms with Gasteiger partial charge in [0.1, 0.15) is 28.5 Å². The first-order valence-electron chi connectivity index (χ1n) is 10.8. The zero-order valence-corrected chi connectivity index (χ0v) is 17.9. The van der Waals surface area contributed by atoms with Crippen molar-refractivity contribution in [1.29, 1.82) is 5.26 Å². The van der Waals surface area contributed by atoms with E-state index in [1.807, 2.05) is 12.1 Å². The maximum atomic E-state index is 12.6. The summed E-state index contributed by atoms with van der Waals surface area (Å²) >= 11 is 0. The molecule has 7 heteroatoms. The van der Waals surface area contributed by atoms with E-state index in [1.54, 1.807) is 30.3 Å². The third-order valence-corrected chi connectivity index (χ3v) is 5.55. The number of esters is 1. The van der Waals surface area contributed by atoms with Crippen molar-refractivity contribution in [3.05, 3.63) is 81.7 Å². The number of carbonyl (C=O) groups is 2. The Morgan fingerprint density at radius 2 is 1.82 bits per heavy atom. The van der Waals surface area contributed by atoms with Gasteiger partial charge in [0, 0.05) is 17.5 Å². The number of nitriles is 1. The normalized spacial score (nSPS) is 14.5. The van der Waals surface area contributed by atoms with Crippen molar-refractivity contribution in [2.75, 3.05) is 0 Å². The van der Waals surface area contributed by atoms with Crippen molar-refractivity contribution in [1.82, 2.24) is 5.32 Å². The van der Waals surface area contributed by atoms with Gasteiger partial charge in [0.15, 0.2) is 0 Å². The molecule has 0 saturated heterocycles. The van der Waals surface area contributed by atoms with Crippen LogP contribution in [-0.2, 0) is 4.79 Å². The van der Waals surface area contributed by atoms with E-state index >= 15 is 0 Å². The SMILES string of the molecule is N#C/C(=C\c1ccccc1)C(=O)Oc1ccc2cc(C(=O)NC3CCCCC3)c(=O)oc2c1. The summed E-state index contributed by atoms with van der Waals surface area (Å²) in [6.07, 6.45) is 6.53. The number of nitrogens with zero attached hydrogens (tertiary/aromatic N) is 1. The van der Waals surface area contributed by atoms with E-state index < -0.39 is 17.5 Å². The van der Waals surface area contributed by atoms with Gasteiger partial charge in [-0.05, 0) is 42.7 Å². The largest absolute Gasteiger partial charge is 0.422 e. The fourth-order valence-electron chi connectivity index (χ4n) is 3.84. The molecule has 0 spiro atoms. The first kappa shape index (κ1) is 22.0. The number of carbonyl (C=O) groups excluding carboxylic acids is 2. The van der Waals surface area contributed by atoms with Crippen LogP contribution < -0.4 is 15.7 Å². The number of nitrogens with one attached hydrogen (secondary N) is 1. The van der Waals surface area contributed by atoms with Crippen LogP contribution in [0.5, 0.6) is 5.75 Å². The molecule has 1 heterocycles. The van der Waals surface area contributed by atoms with Crippen LogP contribution in [0.2, 0.25) is 0 Å². The predicted octanol–water partition coefficient (Wildman–Crippen LogP) is 4.37. The molecule has 4 rings (SSSR count). The van der Waals surface area contributed by atoms with Gasteiger partial charge >= 0.3 is 11.6 Å². The topological polar surface area (TPSA) is 109 Å². The lowest BCUT2D eigenvalue weighted by atomic mass is 9.95. The van der Waals surface area contributed by atoms with Gasteiger partial charge in [0.2, 0.25) is 0 Å². The second-order valence-corrected chi connectivity index (χ2v) is 7.93.